The van der Waals surface area contributed by atoms with Crippen molar-refractivity contribution in [3.63, 3.8) is 0 Å². The van der Waals surface area contributed by atoms with Gasteiger partial charge in [-0.2, -0.15) is 0 Å². The van der Waals surface area contributed by atoms with Crippen molar-refractivity contribution in [2.75, 3.05) is 11.9 Å². The van der Waals surface area contributed by atoms with Gasteiger partial charge in [0, 0.05) is 12.2 Å². The van der Waals surface area contributed by atoms with Crippen LogP contribution in [0.15, 0.2) is 36.9 Å². The molecule has 1 aliphatic heterocycles. The second-order valence-electron chi connectivity index (χ2n) is 3.61. The molecule has 1 unspecified atom stereocenters. The van der Waals surface area contributed by atoms with Crippen LogP contribution in [0.3, 0.4) is 0 Å². The fourth-order valence-corrected chi connectivity index (χ4v) is 1.81. The Kier molecular flexibility index (Phi) is 2.46. The number of hydrogen-bond donors (Lipinski definition) is 1. The van der Waals surface area contributed by atoms with Gasteiger partial charge in [-0.25, -0.2) is 0 Å². The minimum Gasteiger partial charge on any atom is -0.365 e. The van der Waals surface area contributed by atoms with Crippen molar-refractivity contribution < 1.29 is 4.79 Å². The van der Waals surface area contributed by atoms with E-state index in [0.717, 1.165) is 11.3 Å². The van der Waals surface area contributed by atoms with Crippen LogP contribution in [-0.2, 0) is 0 Å². The summed E-state index contributed by atoms with van der Waals surface area (Å²) < 4.78 is 0. The highest BCUT2D eigenvalue weighted by atomic mass is 16.2. The molecule has 3 heteroatoms. The van der Waals surface area contributed by atoms with Gasteiger partial charge >= 0.3 is 0 Å². The third kappa shape index (κ3) is 1.61. The van der Waals surface area contributed by atoms with Crippen molar-refractivity contribution >= 4 is 11.6 Å². The van der Waals surface area contributed by atoms with E-state index in [1.54, 1.807) is 11.0 Å². The lowest BCUT2D eigenvalue weighted by molar-refractivity contribution is 0.0721. The van der Waals surface area contributed by atoms with Crippen LogP contribution in [0.1, 0.15) is 17.3 Å². The summed E-state index contributed by atoms with van der Waals surface area (Å²) >= 11 is 0. The van der Waals surface area contributed by atoms with Crippen molar-refractivity contribution in [2.45, 2.75) is 13.1 Å². The Labute approximate surface area is 89.4 Å². The van der Waals surface area contributed by atoms with E-state index in [0.29, 0.717) is 6.54 Å². The number of rotatable bonds is 2. The first-order valence-electron chi connectivity index (χ1n) is 5.01. The normalized spacial score (nSPS) is 19.4. The number of carbonyl (C=O) groups is 1. The summed E-state index contributed by atoms with van der Waals surface area (Å²) in [5.74, 6) is 0.0664. The lowest BCUT2D eigenvalue weighted by Gasteiger charge is -2.35. The summed E-state index contributed by atoms with van der Waals surface area (Å²) in [5.41, 5.74) is 1.65. The Hall–Kier alpha value is -1.77. The third-order valence-electron chi connectivity index (χ3n) is 2.58. The van der Waals surface area contributed by atoms with E-state index in [1.165, 1.54) is 0 Å². The van der Waals surface area contributed by atoms with Gasteiger partial charge in [-0.05, 0) is 19.1 Å². The highest BCUT2D eigenvalue weighted by molar-refractivity contribution is 6.01. The molecule has 1 aromatic rings. The predicted molar refractivity (Wildman–Crippen MR) is 60.8 cm³/mol. The highest BCUT2D eigenvalue weighted by Gasteiger charge is 2.27. The second-order valence-corrected chi connectivity index (χ2v) is 3.61. The van der Waals surface area contributed by atoms with Gasteiger partial charge in [0.25, 0.3) is 5.91 Å². The first-order valence-corrected chi connectivity index (χ1v) is 5.01. The molecule has 1 aliphatic rings. The summed E-state index contributed by atoms with van der Waals surface area (Å²) in [6, 6.07) is 7.57. The fraction of sp³-hybridized carbons (Fsp3) is 0.250. The van der Waals surface area contributed by atoms with Crippen LogP contribution >= 0.6 is 0 Å². The zero-order chi connectivity index (χ0) is 10.8. The molecule has 0 radical (unpaired) electrons. The van der Waals surface area contributed by atoms with E-state index in [2.05, 4.69) is 11.9 Å². The first kappa shape index (κ1) is 9.77. The molecular weight excluding hydrogens is 188 g/mol. The van der Waals surface area contributed by atoms with Crippen molar-refractivity contribution in [1.82, 2.24) is 4.90 Å². The molecule has 0 saturated carbocycles. The topological polar surface area (TPSA) is 32.3 Å². The molecule has 1 aromatic carbocycles. The number of amides is 1. The average molecular weight is 202 g/mol. The molecule has 2 rings (SSSR count). The monoisotopic (exact) mass is 202 g/mol. The quantitative estimate of drug-likeness (QED) is 0.745. The van der Waals surface area contributed by atoms with E-state index < -0.39 is 0 Å². The molecule has 1 heterocycles. The third-order valence-corrected chi connectivity index (χ3v) is 2.58. The maximum Gasteiger partial charge on any atom is 0.257 e. The van der Waals surface area contributed by atoms with Crippen molar-refractivity contribution in [1.29, 1.82) is 0 Å². The Morgan fingerprint density at radius 3 is 3.00 bits per heavy atom. The van der Waals surface area contributed by atoms with Gasteiger partial charge in [-0.1, -0.05) is 18.2 Å². The molecule has 0 aliphatic carbocycles. The van der Waals surface area contributed by atoms with E-state index >= 15 is 0 Å². The van der Waals surface area contributed by atoms with Gasteiger partial charge in [0.15, 0.2) is 0 Å². The molecular formula is C12H14N2O. The summed E-state index contributed by atoms with van der Waals surface area (Å²) in [6.45, 7) is 6.20. The van der Waals surface area contributed by atoms with E-state index in [1.807, 2.05) is 31.2 Å². The molecule has 1 N–H and O–H groups in total. The number of nitrogens with one attached hydrogen (secondary N) is 1. The van der Waals surface area contributed by atoms with Crippen LogP contribution in [0.2, 0.25) is 0 Å². The number of fused-ring (bicyclic) bond motifs is 1. The van der Waals surface area contributed by atoms with Crippen LogP contribution in [0.25, 0.3) is 0 Å². The Bertz CT molecular complexity index is 400. The number of nitrogens with zero attached hydrogens (tertiary/aromatic N) is 1. The van der Waals surface area contributed by atoms with Gasteiger partial charge in [0.05, 0.1) is 11.7 Å². The highest BCUT2D eigenvalue weighted by Crippen LogP contribution is 2.24. The molecule has 3 nitrogen and oxygen atoms in total. The lowest BCUT2D eigenvalue weighted by atomic mass is 10.1. The van der Waals surface area contributed by atoms with E-state index in [-0.39, 0.29) is 12.1 Å². The molecule has 0 fully saturated rings. The Balaban J connectivity index is 2.38. The van der Waals surface area contributed by atoms with Gasteiger partial charge in [0.2, 0.25) is 0 Å². The van der Waals surface area contributed by atoms with Crippen molar-refractivity contribution in [3.05, 3.63) is 42.5 Å². The van der Waals surface area contributed by atoms with Crippen LogP contribution < -0.4 is 5.32 Å². The standard InChI is InChI=1S/C12H14N2O/c1-3-8-14-9(2)13-11-7-5-4-6-10(11)12(14)15/h3-7,9,13H,1,8H2,2H3. The summed E-state index contributed by atoms with van der Waals surface area (Å²) in [5, 5.41) is 3.28. The fourth-order valence-electron chi connectivity index (χ4n) is 1.81. The minimum atomic E-state index is 0.0189. The lowest BCUT2D eigenvalue weighted by Crippen LogP contribution is -2.46. The molecule has 0 spiro atoms. The van der Waals surface area contributed by atoms with Crippen LogP contribution in [0.5, 0.6) is 0 Å². The van der Waals surface area contributed by atoms with E-state index in [4.69, 9.17) is 0 Å². The summed E-state index contributed by atoms with van der Waals surface area (Å²) in [4.78, 5) is 13.8. The van der Waals surface area contributed by atoms with Crippen LogP contribution in [-0.4, -0.2) is 23.5 Å². The molecule has 0 bridgehead atoms. The second kappa shape index (κ2) is 3.77. The number of carbonyl (C=O) groups excluding carboxylic acids is 1. The maximum absolute atomic E-state index is 12.1. The smallest absolute Gasteiger partial charge is 0.257 e. The van der Waals surface area contributed by atoms with Gasteiger partial charge < -0.3 is 10.2 Å². The molecule has 0 saturated heterocycles. The summed E-state index contributed by atoms with van der Waals surface area (Å²) in [6.07, 6.45) is 1.76. The number of anilines is 1. The SMILES string of the molecule is C=CCN1C(=O)c2ccccc2NC1C. The number of para-hydroxylation sites is 1. The molecule has 0 aromatic heterocycles. The largest absolute Gasteiger partial charge is 0.365 e. The van der Waals surface area contributed by atoms with Crippen molar-refractivity contribution in [2.24, 2.45) is 0 Å². The first-order chi connectivity index (χ1) is 7.24. The summed E-state index contributed by atoms with van der Waals surface area (Å²) in [7, 11) is 0. The Morgan fingerprint density at radius 2 is 2.27 bits per heavy atom. The number of hydrogen-bond acceptors (Lipinski definition) is 2. The molecule has 1 amide bonds. The zero-order valence-electron chi connectivity index (χ0n) is 8.73. The molecule has 78 valence electrons. The minimum absolute atomic E-state index is 0.0189. The molecule has 1 atom stereocenters. The predicted octanol–water partition coefficient (Wildman–Crippen LogP) is 2.09. The number of benzene rings is 1. The van der Waals surface area contributed by atoms with Crippen molar-refractivity contribution in [3.8, 4) is 0 Å². The van der Waals surface area contributed by atoms with Gasteiger partial charge in [-0.3, -0.25) is 4.79 Å². The zero-order valence-corrected chi connectivity index (χ0v) is 8.73. The van der Waals surface area contributed by atoms with Gasteiger partial charge in [-0.15, -0.1) is 6.58 Å². The Morgan fingerprint density at radius 1 is 1.53 bits per heavy atom. The average Bonchev–Trinajstić information content (AvgIpc) is 2.24. The van der Waals surface area contributed by atoms with Gasteiger partial charge in [0.1, 0.15) is 0 Å². The maximum atomic E-state index is 12.1. The van der Waals surface area contributed by atoms with Crippen LogP contribution in [0, 0.1) is 0 Å². The van der Waals surface area contributed by atoms with E-state index in [9.17, 15) is 4.79 Å². The molecule has 15 heavy (non-hydrogen) atoms. The van der Waals surface area contributed by atoms with Crippen LogP contribution in [0.4, 0.5) is 5.69 Å².